The van der Waals surface area contributed by atoms with Gasteiger partial charge in [-0.15, -0.1) is 36.2 Å². The van der Waals surface area contributed by atoms with Crippen LogP contribution in [0.25, 0.3) is 0 Å². The summed E-state index contributed by atoms with van der Waals surface area (Å²) in [6.45, 7) is 5.22. The number of thiazole rings is 1. The van der Waals surface area contributed by atoms with Crippen LogP contribution in [0.4, 0.5) is 5.13 Å². The van der Waals surface area contributed by atoms with Gasteiger partial charge in [-0.05, 0) is 12.0 Å². The molecule has 0 aliphatic heterocycles. The number of nitrogens with zero attached hydrogens (tertiary/aromatic N) is 2. The SMILES string of the molecule is CC(C)C(=O)Nc1nc(CC(=O)N(CCN)CCc2ccccc2)cs1.Cl.Cl. The number of halogens is 2. The van der Waals surface area contributed by atoms with E-state index >= 15 is 0 Å². The van der Waals surface area contributed by atoms with Gasteiger partial charge in [0.2, 0.25) is 11.8 Å². The number of nitrogens with one attached hydrogen (secondary N) is 1. The first-order valence-corrected chi connectivity index (χ1v) is 9.64. The molecular weight excluding hydrogens is 419 g/mol. The number of carbonyl (C=O) groups is 2. The molecule has 2 amide bonds. The number of anilines is 1. The summed E-state index contributed by atoms with van der Waals surface area (Å²) in [5.74, 6) is -0.190. The summed E-state index contributed by atoms with van der Waals surface area (Å²) in [6, 6.07) is 10.1. The van der Waals surface area contributed by atoms with Crippen molar-refractivity contribution in [3.63, 3.8) is 0 Å². The lowest BCUT2D eigenvalue weighted by molar-refractivity contribution is -0.130. The minimum atomic E-state index is -0.109. The normalized spacial score (nSPS) is 10.0. The maximum atomic E-state index is 12.6. The lowest BCUT2D eigenvalue weighted by Gasteiger charge is -2.21. The first-order valence-electron chi connectivity index (χ1n) is 8.76. The van der Waals surface area contributed by atoms with E-state index < -0.39 is 0 Å². The zero-order chi connectivity index (χ0) is 18.9. The minimum Gasteiger partial charge on any atom is -0.341 e. The Labute approximate surface area is 182 Å². The smallest absolute Gasteiger partial charge is 0.228 e. The summed E-state index contributed by atoms with van der Waals surface area (Å²) < 4.78 is 0. The maximum absolute atomic E-state index is 12.6. The van der Waals surface area contributed by atoms with Gasteiger partial charge < -0.3 is 16.0 Å². The predicted octanol–water partition coefficient (Wildman–Crippen LogP) is 3.15. The van der Waals surface area contributed by atoms with E-state index in [0.717, 1.165) is 6.42 Å². The first kappa shape index (κ1) is 26.3. The Morgan fingerprint density at radius 3 is 2.46 bits per heavy atom. The van der Waals surface area contributed by atoms with Gasteiger partial charge in [0.15, 0.2) is 5.13 Å². The quantitative estimate of drug-likeness (QED) is 0.618. The van der Waals surface area contributed by atoms with Crippen LogP contribution in [0.15, 0.2) is 35.7 Å². The second kappa shape index (κ2) is 13.5. The Morgan fingerprint density at radius 2 is 1.86 bits per heavy atom. The molecule has 28 heavy (non-hydrogen) atoms. The van der Waals surface area contributed by atoms with E-state index in [2.05, 4.69) is 22.4 Å². The molecule has 2 rings (SSSR count). The van der Waals surface area contributed by atoms with E-state index in [-0.39, 0.29) is 49.0 Å². The molecule has 3 N–H and O–H groups in total. The molecule has 0 unspecified atom stereocenters. The summed E-state index contributed by atoms with van der Waals surface area (Å²) in [6.07, 6.45) is 1.00. The van der Waals surface area contributed by atoms with Crippen molar-refractivity contribution in [1.82, 2.24) is 9.88 Å². The van der Waals surface area contributed by atoms with Crippen molar-refractivity contribution in [2.45, 2.75) is 26.7 Å². The number of hydrogen-bond donors (Lipinski definition) is 2. The molecule has 0 radical (unpaired) electrons. The molecule has 1 aromatic heterocycles. The molecule has 0 atom stereocenters. The zero-order valence-electron chi connectivity index (χ0n) is 16.1. The second-order valence-electron chi connectivity index (χ2n) is 6.37. The van der Waals surface area contributed by atoms with Gasteiger partial charge in [0.1, 0.15) is 0 Å². The third kappa shape index (κ3) is 8.56. The highest BCUT2D eigenvalue weighted by atomic mass is 35.5. The number of carbonyl (C=O) groups excluding carboxylic acids is 2. The van der Waals surface area contributed by atoms with Crippen molar-refractivity contribution < 1.29 is 9.59 Å². The van der Waals surface area contributed by atoms with Gasteiger partial charge >= 0.3 is 0 Å². The van der Waals surface area contributed by atoms with Crippen molar-refractivity contribution in [2.75, 3.05) is 25.0 Å². The fourth-order valence-electron chi connectivity index (χ4n) is 2.39. The Kier molecular flexibility index (Phi) is 12.7. The van der Waals surface area contributed by atoms with Gasteiger partial charge in [-0.25, -0.2) is 4.98 Å². The van der Waals surface area contributed by atoms with Crippen LogP contribution in [0.1, 0.15) is 25.1 Å². The van der Waals surface area contributed by atoms with Crippen molar-refractivity contribution in [2.24, 2.45) is 11.7 Å². The molecule has 0 saturated carbocycles. The van der Waals surface area contributed by atoms with Crippen LogP contribution in [0.2, 0.25) is 0 Å². The fraction of sp³-hybridized carbons (Fsp3) is 0.421. The standard InChI is InChI=1S/C19H26N4O2S.2ClH/c1-14(2)18(25)22-19-21-16(13-26-19)12-17(24)23(11-9-20)10-8-15-6-4-3-5-7-15;;/h3-7,13-14H,8-12,20H2,1-2H3,(H,21,22,25);2*1H. The summed E-state index contributed by atoms with van der Waals surface area (Å²) in [7, 11) is 0. The highest BCUT2D eigenvalue weighted by Crippen LogP contribution is 2.17. The molecule has 156 valence electrons. The Balaban J connectivity index is 0.00000364. The summed E-state index contributed by atoms with van der Waals surface area (Å²) in [5.41, 5.74) is 7.52. The van der Waals surface area contributed by atoms with Crippen molar-refractivity contribution >= 4 is 53.1 Å². The Hall–Kier alpha value is -1.67. The van der Waals surface area contributed by atoms with E-state index in [1.54, 1.807) is 4.90 Å². The van der Waals surface area contributed by atoms with Crippen LogP contribution in [-0.4, -0.2) is 41.3 Å². The summed E-state index contributed by atoms with van der Waals surface area (Å²) >= 11 is 1.33. The lowest BCUT2D eigenvalue weighted by atomic mass is 10.1. The molecule has 2 aromatic rings. The van der Waals surface area contributed by atoms with Gasteiger partial charge in [-0.2, -0.15) is 0 Å². The number of rotatable bonds is 9. The topological polar surface area (TPSA) is 88.3 Å². The summed E-state index contributed by atoms with van der Waals surface area (Å²) in [5, 5.41) is 5.10. The number of nitrogens with two attached hydrogens (primary N) is 1. The summed E-state index contributed by atoms with van der Waals surface area (Å²) in [4.78, 5) is 30.5. The Bertz CT molecular complexity index is 726. The maximum Gasteiger partial charge on any atom is 0.228 e. The van der Waals surface area contributed by atoms with Crippen LogP contribution in [0, 0.1) is 5.92 Å². The van der Waals surface area contributed by atoms with Gasteiger partial charge in [0.05, 0.1) is 12.1 Å². The average Bonchev–Trinajstić information content (AvgIpc) is 3.06. The highest BCUT2D eigenvalue weighted by molar-refractivity contribution is 7.13. The third-order valence-corrected chi connectivity index (χ3v) is 4.71. The third-order valence-electron chi connectivity index (χ3n) is 3.90. The number of hydrogen-bond acceptors (Lipinski definition) is 5. The molecule has 0 spiro atoms. The molecule has 9 heteroatoms. The van der Waals surface area contributed by atoms with Gasteiger partial charge in [0.25, 0.3) is 0 Å². The molecular formula is C19H28Cl2N4O2S. The second-order valence-corrected chi connectivity index (χ2v) is 7.23. The largest absolute Gasteiger partial charge is 0.341 e. The van der Waals surface area contributed by atoms with E-state index in [1.807, 2.05) is 37.4 Å². The Morgan fingerprint density at radius 1 is 1.18 bits per heavy atom. The predicted molar refractivity (Wildman–Crippen MR) is 120 cm³/mol. The monoisotopic (exact) mass is 446 g/mol. The molecule has 0 aliphatic carbocycles. The van der Waals surface area contributed by atoms with Crippen LogP contribution in [0.5, 0.6) is 0 Å². The molecule has 1 heterocycles. The van der Waals surface area contributed by atoms with E-state index in [0.29, 0.717) is 30.5 Å². The highest BCUT2D eigenvalue weighted by Gasteiger charge is 2.16. The van der Waals surface area contributed by atoms with Crippen LogP contribution < -0.4 is 11.1 Å². The molecule has 0 fully saturated rings. The van der Waals surface area contributed by atoms with Crippen LogP contribution in [-0.2, 0) is 22.4 Å². The lowest BCUT2D eigenvalue weighted by Crippen LogP contribution is -2.38. The molecule has 0 bridgehead atoms. The van der Waals surface area contributed by atoms with Crippen molar-refractivity contribution in [3.05, 3.63) is 47.0 Å². The van der Waals surface area contributed by atoms with E-state index in [4.69, 9.17) is 5.73 Å². The van der Waals surface area contributed by atoms with Gasteiger partial charge in [0, 0.05) is 30.9 Å². The van der Waals surface area contributed by atoms with E-state index in [1.165, 1.54) is 16.9 Å². The zero-order valence-corrected chi connectivity index (χ0v) is 18.5. The van der Waals surface area contributed by atoms with Crippen LogP contribution >= 0.6 is 36.2 Å². The van der Waals surface area contributed by atoms with Crippen molar-refractivity contribution in [3.8, 4) is 0 Å². The molecule has 0 aliphatic rings. The first-order chi connectivity index (χ1) is 12.5. The van der Waals surface area contributed by atoms with E-state index in [9.17, 15) is 9.59 Å². The van der Waals surface area contributed by atoms with Crippen molar-refractivity contribution in [1.29, 1.82) is 0 Å². The minimum absolute atomic E-state index is 0. The molecule has 6 nitrogen and oxygen atoms in total. The number of amides is 2. The fourth-order valence-corrected chi connectivity index (χ4v) is 3.10. The van der Waals surface area contributed by atoms with Gasteiger partial charge in [-0.3, -0.25) is 9.59 Å². The van der Waals surface area contributed by atoms with Crippen LogP contribution in [0.3, 0.4) is 0 Å². The molecule has 1 aromatic carbocycles. The number of benzene rings is 1. The number of aromatic nitrogens is 1. The average molecular weight is 447 g/mol. The van der Waals surface area contributed by atoms with Gasteiger partial charge in [-0.1, -0.05) is 44.2 Å². The molecule has 0 saturated heterocycles.